The standard InChI is InChI=1S/C7H8FNS/c1-2-5(9)6-3-4-7(8)10-6/h2-5H,1,9H2/t5-/m1/s1. The third-order valence-corrected chi connectivity index (χ3v) is 2.15. The third-order valence-electron chi connectivity index (χ3n) is 1.18. The van der Waals surface area contributed by atoms with Crippen LogP contribution in [-0.4, -0.2) is 0 Å². The predicted molar refractivity (Wildman–Crippen MR) is 41.4 cm³/mol. The van der Waals surface area contributed by atoms with Gasteiger partial charge in [-0.15, -0.1) is 17.9 Å². The van der Waals surface area contributed by atoms with Crippen molar-refractivity contribution >= 4 is 11.3 Å². The van der Waals surface area contributed by atoms with Crippen LogP contribution in [0.3, 0.4) is 0 Å². The Labute approximate surface area is 63.0 Å². The maximum Gasteiger partial charge on any atom is 0.176 e. The first-order valence-electron chi connectivity index (χ1n) is 2.87. The van der Waals surface area contributed by atoms with E-state index in [0.717, 1.165) is 16.2 Å². The highest BCUT2D eigenvalue weighted by Gasteiger charge is 2.03. The molecular formula is C7H8FNS. The Morgan fingerprint density at radius 2 is 2.40 bits per heavy atom. The molecule has 0 amide bonds. The van der Waals surface area contributed by atoms with Crippen LogP contribution in [0.15, 0.2) is 24.8 Å². The molecule has 1 nitrogen and oxygen atoms in total. The molecule has 1 rings (SSSR count). The molecule has 0 aliphatic heterocycles. The normalized spacial score (nSPS) is 13.0. The molecule has 0 unspecified atom stereocenters. The minimum atomic E-state index is -0.227. The van der Waals surface area contributed by atoms with E-state index in [4.69, 9.17) is 5.73 Å². The molecule has 2 N–H and O–H groups in total. The number of halogens is 1. The van der Waals surface area contributed by atoms with Crippen LogP contribution in [0.2, 0.25) is 0 Å². The van der Waals surface area contributed by atoms with Crippen molar-refractivity contribution in [1.29, 1.82) is 0 Å². The molecule has 0 bridgehead atoms. The van der Waals surface area contributed by atoms with Gasteiger partial charge in [0, 0.05) is 4.88 Å². The van der Waals surface area contributed by atoms with E-state index in [1.165, 1.54) is 6.07 Å². The first-order chi connectivity index (χ1) is 4.74. The van der Waals surface area contributed by atoms with Crippen LogP contribution in [0.4, 0.5) is 4.39 Å². The average Bonchev–Trinajstić information content (AvgIpc) is 2.34. The van der Waals surface area contributed by atoms with E-state index in [1.807, 2.05) is 0 Å². The summed E-state index contributed by atoms with van der Waals surface area (Å²) in [5.74, 6) is 0. The minimum absolute atomic E-state index is 0.202. The Balaban J connectivity index is 2.84. The van der Waals surface area contributed by atoms with E-state index < -0.39 is 0 Å². The van der Waals surface area contributed by atoms with Crippen LogP contribution in [-0.2, 0) is 0 Å². The van der Waals surface area contributed by atoms with Crippen LogP contribution >= 0.6 is 11.3 Å². The number of thiophene rings is 1. The van der Waals surface area contributed by atoms with Crippen LogP contribution in [0.1, 0.15) is 10.9 Å². The number of nitrogens with two attached hydrogens (primary N) is 1. The summed E-state index contributed by atoms with van der Waals surface area (Å²) in [7, 11) is 0. The Hall–Kier alpha value is -0.670. The summed E-state index contributed by atoms with van der Waals surface area (Å²) in [5.41, 5.74) is 5.53. The van der Waals surface area contributed by atoms with Crippen LogP contribution in [0.5, 0.6) is 0 Å². The fourth-order valence-corrected chi connectivity index (χ4v) is 1.35. The van der Waals surface area contributed by atoms with Crippen LogP contribution in [0, 0.1) is 5.13 Å². The zero-order valence-electron chi connectivity index (χ0n) is 5.38. The van der Waals surface area contributed by atoms with E-state index in [9.17, 15) is 4.39 Å². The Morgan fingerprint density at radius 1 is 1.70 bits per heavy atom. The number of hydrogen-bond donors (Lipinski definition) is 1. The fourth-order valence-electron chi connectivity index (χ4n) is 0.624. The van der Waals surface area contributed by atoms with Gasteiger partial charge in [-0.2, -0.15) is 4.39 Å². The molecule has 54 valence electrons. The minimum Gasteiger partial charge on any atom is -0.320 e. The smallest absolute Gasteiger partial charge is 0.176 e. The fraction of sp³-hybridized carbons (Fsp3) is 0.143. The molecule has 0 aliphatic rings. The van der Waals surface area contributed by atoms with Gasteiger partial charge in [-0.1, -0.05) is 6.08 Å². The quantitative estimate of drug-likeness (QED) is 0.653. The maximum absolute atomic E-state index is 12.4. The second kappa shape index (κ2) is 2.94. The van der Waals surface area contributed by atoms with Gasteiger partial charge in [-0.3, -0.25) is 0 Å². The second-order valence-corrected chi connectivity index (χ2v) is 2.97. The summed E-state index contributed by atoms with van der Waals surface area (Å²) in [4.78, 5) is 0.813. The molecule has 1 heterocycles. The highest BCUT2D eigenvalue weighted by molar-refractivity contribution is 7.10. The molecule has 0 spiro atoms. The summed E-state index contributed by atoms with van der Waals surface area (Å²) in [6.45, 7) is 3.51. The Kier molecular flexibility index (Phi) is 2.19. The van der Waals surface area contributed by atoms with Gasteiger partial charge in [0.25, 0.3) is 0 Å². The highest BCUT2D eigenvalue weighted by atomic mass is 32.1. The van der Waals surface area contributed by atoms with Crippen molar-refractivity contribution in [2.45, 2.75) is 6.04 Å². The van der Waals surface area contributed by atoms with Gasteiger partial charge in [0.1, 0.15) is 0 Å². The third kappa shape index (κ3) is 1.43. The van der Waals surface area contributed by atoms with Crippen molar-refractivity contribution in [2.24, 2.45) is 5.73 Å². The zero-order valence-corrected chi connectivity index (χ0v) is 6.20. The summed E-state index contributed by atoms with van der Waals surface area (Å²) >= 11 is 1.06. The second-order valence-electron chi connectivity index (χ2n) is 1.90. The molecule has 1 aromatic heterocycles. The molecule has 0 aliphatic carbocycles. The van der Waals surface area contributed by atoms with Crippen LogP contribution < -0.4 is 5.73 Å². The molecule has 0 saturated carbocycles. The lowest BCUT2D eigenvalue weighted by Crippen LogP contribution is -2.03. The van der Waals surface area contributed by atoms with E-state index in [2.05, 4.69) is 6.58 Å². The largest absolute Gasteiger partial charge is 0.320 e. The Bertz CT molecular complexity index is 231. The van der Waals surface area contributed by atoms with E-state index >= 15 is 0 Å². The van der Waals surface area contributed by atoms with Gasteiger partial charge in [0.15, 0.2) is 5.13 Å². The Morgan fingerprint density at radius 3 is 2.80 bits per heavy atom. The number of hydrogen-bond acceptors (Lipinski definition) is 2. The summed E-state index contributed by atoms with van der Waals surface area (Å²) in [6.07, 6.45) is 1.59. The molecule has 0 fully saturated rings. The molecule has 1 atom stereocenters. The van der Waals surface area contributed by atoms with Crippen molar-refractivity contribution < 1.29 is 4.39 Å². The molecule has 0 saturated heterocycles. The lowest BCUT2D eigenvalue weighted by atomic mass is 10.2. The van der Waals surface area contributed by atoms with E-state index in [0.29, 0.717) is 0 Å². The van der Waals surface area contributed by atoms with Gasteiger partial charge in [-0.05, 0) is 12.1 Å². The predicted octanol–water partition coefficient (Wildman–Crippen LogP) is 2.07. The van der Waals surface area contributed by atoms with Crippen LogP contribution in [0.25, 0.3) is 0 Å². The lowest BCUT2D eigenvalue weighted by Gasteiger charge is -1.98. The van der Waals surface area contributed by atoms with Crippen molar-refractivity contribution in [3.63, 3.8) is 0 Å². The lowest BCUT2D eigenvalue weighted by molar-refractivity contribution is 0.657. The number of rotatable bonds is 2. The average molecular weight is 157 g/mol. The first-order valence-corrected chi connectivity index (χ1v) is 3.69. The van der Waals surface area contributed by atoms with E-state index in [-0.39, 0.29) is 11.2 Å². The summed E-state index contributed by atoms with van der Waals surface area (Å²) < 4.78 is 12.4. The molecule has 3 heteroatoms. The van der Waals surface area contributed by atoms with Gasteiger partial charge in [-0.25, -0.2) is 0 Å². The molecular weight excluding hydrogens is 149 g/mol. The van der Waals surface area contributed by atoms with Crippen molar-refractivity contribution in [3.8, 4) is 0 Å². The van der Waals surface area contributed by atoms with Crippen molar-refractivity contribution in [3.05, 3.63) is 34.8 Å². The van der Waals surface area contributed by atoms with Gasteiger partial charge in [0.05, 0.1) is 6.04 Å². The summed E-state index contributed by atoms with van der Waals surface area (Å²) in [6, 6.07) is 2.85. The van der Waals surface area contributed by atoms with Gasteiger partial charge < -0.3 is 5.73 Å². The zero-order chi connectivity index (χ0) is 7.56. The van der Waals surface area contributed by atoms with Gasteiger partial charge >= 0.3 is 0 Å². The van der Waals surface area contributed by atoms with Crippen molar-refractivity contribution in [1.82, 2.24) is 0 Å². The topological polar surface area (TPSA) is 26.0 Å². The van der Waals surface area contributed by atoms with E-state index in [1.54, 1.807) is 12.1 Å². The maximum atomic E-state index is 12.4. The molecule has 0 aromatic carbocycles. The van der Waals surface area contributed by atoms with Crippen molar-refractivity contribution in [2.75, 3.05) is 0 Å². The monoisotopic (exact) mass is 157 g/mol. The highest BCUT2D eigenvalue weighted by Crippen LogP contribution is 2.20. The first kappa shape index (κ1) is 7.44. The molecule has 10 heavy (non-hydrogen) atoms. The SMILES string of the molecule is C=C[C@@H](N)c1ccc(F)s1. The summed E-state index contributed by atoms with van der Waals surface area (Å²) in [5, 5.41) is -0.202. The molecule has 0 radical (unpaired) electrons. The van der Waals surface area contributed by atoms with Gasteiger partial charge in [0.2, 0.25) is 0 Å². The molecule has 1 aromatic rings.